The second-order valence-electron chi connectivity index (χ2n) is 31.0. The van der Waals surface area contributed by atoms with Gasteiger partial charge in [-0.1, -0.05) is 337 Å². The Labute approximate surface area is 649 Å². The van der Waals surface area contributed by atoms with Crippen LogP contribution < -0.4 is 9.80 Å². The number of hydrogen-bond acceptors (Lipinski definition) is 4. The van der Waals surface area contributed by atoms with Crippen molar-refractivity contribution < 1.29 is 8.83 Å². The molecule has 0 saturated heterocycles. The fourth-order valence-corrected chi connectivity index (χ4v) is 19.0. The molecule has 19 aromatic carbocycles. The zero-order chi connectivity index (χ0) is 74.5. The van der Waals surface area contributed by atoms with Crippen LogP contribution in [0, 0.1) is 0 Å². The summed E-state index contributed by atoms with van der Waals surface area (Å²) in [4.78, 5) is 5.05. The summed E-state index contributed by atoms with van der Waals surface area (Å²) in [7, 11) is 0. The molecule has 1 aliphatic rings. The maximum Gasteiger partial charge on any atom is 0.159 e. The summed E-state index contributed by atoms with van der Waals surface area (Å²) in [5, 5.41) is 17.4. The summed E-state index contributed by atoms with van der Waals surface area (Å²) in [5.41, 5.74) is 26.7. The average Bonchev–Trinajstić information content (AvgIpc) is 1.52. The molecule has 22 rings (SSSR count). The quantitative estimate of drug-likeness (QED) is 0.114. The van der Waals surface area contributed by atoms with E-state index in [1.54, 1.807) is 0 Å². The van der Waals surface area contributed by atoms with Gasteiger partial charge in [0.15, 0.2) is 5.58 Å². The van der Waals surface area contributed by atoms with Gasteiger partial charge in [0.25, 0.3) is 0 Å². The van der Waals surface area contributed by atoms with Gasteiger partial charge >= 0.3 is 0 Å². The van der Waals surface area contributed by atoms with Crippen molar-refractivity contribution in [3.05, 3.63) is 387 Å². The van der Waals surface area contributed by atoms with Crippen molar-refractivity contribution in [1.82, 2.24) is 0 Å². The molecular weight excluding hydrogens is 1360 g/mol. The summed E-state index contributed by atoms with van der Waals surface area (Å²) < 4.78 is 15.9. The van der Waals surface area contributed by atoms with E-state index in [0.717, 1.165) is 165 Å². The lowest BCUT2D eigenvalue weighted by Crippen LogP contribution is -2.15. The van der Waals surface area contributed by atoms with Crippen molar-refractivity contribution in [3.8, 4) is 66.8 Å². The number of furan rings is 2. The fourth-order valence-electron chi connectivity index (χ4n) is 19.0. The molecule has 0 radical (unpaired) electrons. The second kappa shape index (κ2) is 25.5. The van der Waals surface area contributed by atoms with E-state index in [4.69, 9.17) is 8.83 Å². The van der Waals surface area contributed by atoms with Gasteiger partial charge in [-0.05, 0) is 188 Å². The van der Waals surface area contributed by atoms with E-state index in [1.807, 2.05) is 0 Å². The topological polar surface area (TPSA) is 32.8 Å². The lowest BCUT2D eigenvalue weighted by atomic mass is 9.81. The van der Waals surface area contributed by atoms with E-state index in [-0.39, 0.29) is 11.3 Å². The zero-order valence-electron chi connectivity index (χ0n) is 62.5. The van der Waals surface area contributed by atoms with Crippen molar-refractivity contribution in [3.63, 3.8) is 0 Å². The molecule has 0 bridgehead atoms. The molecule has 0 unspecified atom stereocenters. The van der Waals surface area contributed by atoms with E-state index in [2.05, 4.69) is 408 Å². The number of para-hydroxylation sites is 1. The maximum atomic E-state index is 8.06. The molecular formula is C108H74N2O2. The van der Waals surface area contributed by atoms with Gasteiger partial charge in [-0.15, -0.1) is 0 Å². The Morgan fingerprint density at radius 3 is 1.52 bits per heavy atom. The van der Waals surface area contributed by atoms with Gasteiger partial charge in [-0.3, -0.25) is 0 Å². The molecule has 4 heteroatoms. The summed E-state index contributed by atoms with van der Waals surface area (Å²) in [6.07, 6.45) is 0. The van der Waals surface area contributed by atoms with Crippen LogP contribution in [0.2, 0.25) is 0 Å². The monoisotopic (exact) mass is 1430 g/mol. The molecule has 0 amide bonds. The molecule has 0 atom stereocenters. The number of benzene rings is 19. The van der Waals surface area contributed by atoms with Crippen LogP contribution in [0.15, 0.2) is 379 Å². The lowest BCUT2D eigenvalue weighted by molar-refractivity contribution is 0.660. The third kappa shape index (κ3) is 9.94. The Morgan fingerprint density at radius 2 is 0.759 bits per heavy atom. The van der Waals surface area contributed by atoms with Crippen LogP contribution in [-0.4, -0.2) is 0 Å². The molecule has 0 saturated carbocycles. The number of hydrogen-bond donors (Lipinski definition) is 0. The number of rotatable bonds is 12. The molecule has 2 heterocycles. The first-order valence-electron chi connectivity index (χ1n) is 39.1. The van der Waals surface area contributed by atoms with Crippen molar-refractivity contribution >= 4 is 143 Å². The van der Waals surface area contributed by atoms with Gasteiger partial charge in [0.2, 0.25) is 0 Å². The molecule has 0 aliphatic heterocycles. The normalized spacial score (nSPS) is 12.6. The SMILES string of the molecule is CC(C)c1ccc2c(c1)oc1c2c(N(c2cccc3ccccc23)c2ccc(-c3cccc4ccccc34)c3ccccc23)cc2c(-c3ccccc3)c(-c3ccccc3-c3ccccc3)c3ccc4oc5c(N(c6ccc7c(c6)-c6ccccc6C7(C)C)c6cccc7c(-c8ccccc8)cccc67)cccc5c4c3c21. The minimum atomic E-state index is -0.196. The highest BCUT2D eigenvalue weighted by Gasteiger charge is 2.37. The number of nitrogens with zero attached hydrogens (tertiary/aromatic N) is 2. The Hall–Kier alpha value is -14.1. The molecule has 2 aromatic heterocycles. The van der Waals surface area contributed by atoms with Gasteiger partial charge in [0.05, 0.1) is 33.8 Å². The van der Waals surface area contributed by atoms with E-state index >= 15 is 0 Å². The van der Waals surface area contributed by atoms with E-state index in [1.165, 1.54) is 60.8 Å². The first-order chi connectivity index (χ1) is 55.2. The van der Waals surface area contributed by atoms with Gasteiger partial charge in [-0.2, -0.15) is 0 Å². The molecule has 0 fully saturated rings. The third-order valence-corrected chi connectivity index (χ3v) is 24.2. The van der Waals surface area contributed by atoms with Crippen molar-refractivity contribution in [2.24, 2.45) is 0 Å². The largest absolute Gasteiger partial charge is 0.455 e. The Morgan fingerprint density at radius 1 is 0.250 bits per heavy atom. The Balaban J connectivity index is 0.911. The van der Waals surface area contributed by atoms with Crippen LogP contribution in [-0.2, 0) is 5.41 Å². The smallest absolute Gasteiger partial charge is 0.159 e. The minimum Gasteiger partial charge on any atom is -0.455 e. The predicted molar refractivity (Wildman–Crippen MR) is 474 cm³/mol. The van der Waals surface area contributed by atoms with Crippen molar-refractivity contribution in [2.75, 3.05) is 9.80 Å². The summed E-state index contributed by atoms with van der Waals surface area (Å²) in [6.45, 7) is 9.27. The lowest BCUT2D eigenvalue weighted by Gasteiger charge is -2.30. The summed E-state index contributed by atoms with van der Waals surface area (Å²) >= 11 is 0. The van der Waals surface area contributed by atoms with Crippen molar-refractivity contribution in [1.29, 1.82) is 0 Å². The highest BCUT2D eigenvalue weighted by molar-refractivity contribution is 6.40. The van der Waals surface area contributed by atoms with Crippen LogP contribution in [0.3, 0.4) is 0 Å². The molecule has 0 spiro atoms. The molecule has 112 heavy (non-hydrogen) atoms. The number of fused-ring (bicyclic) bond motifs is 18. The highest BCUT2D eigenvalue weighted by Crippen LogP contribution is 2.59. The fraction of sp³-hybridized carbons (Fsp3) is 0.0556. The van der Waals surface area contributed by atoms with E-state index in [9.17, 15) is 0 Å². The van der Waals surface area contributed by atoms with Crippen LogP contribution in [0.5, 0.6) is 0 Å². The summed E-state index contributed by atoms with van der Waals surface area (Å²) in [5.74, 6) is 0.232. The van der Waals surface area contributed by atoms with Crippen LogP contribution in [0.4, 0.5) is 34.1 Å². The third-order valence-electron chi connectivity index (χ3n) is 24.2. The highest BCUT2D eigenvalue weighted by atomic mass is 16.3. The second-order valence-corrected chi connectivity index (χ2v) is 31.0. The van der Waals surface area contributed by atoms with Crippen LogP contribution >= 0.6 is 0 Å². The van der Waals surface area contributed by atoms with Crippen LogP contribution in [0.1, 0.15) is 50.3 Å². The molecule has 4 nitrogen and oxygen atoms in total. The molecule has 1 aliphatic carbocycles. The Kier molecular flexibility index (Phi) is 14.8. The number of anilines is 6. The Bertz CT molecular complexity index is 7440. The first kappa shape index (κ1) is 65.1. The van der Waals surface area contributed by atoms with Gasteiger partial charge in [-0.25, -0.2) is 0 Å². The molecule has 21 aromatic rings. The molecule has 0 N–H and O–H groups in total. The van der Waals surface area contributed by atoms with E-state index < -0.39 is 0 Å². The first-order valence-corrected chi connectivity index (χ1v) is 39.1. The maximum absolute atomic E-state index is 8.06. The standard InChI is InChI=1S/C108H74N2O2/c1-66(2)72-55-57-86-99(63-72)112-107-102(86)97(110(93-52-25-38-70-34-15-17-41-77(70)93)95-61-58-81(80-42-19-20-44-83(80)95)78-47-24-37-69-33-14-16-39-74(69)78)65-90-100(71-35-12-7-13-36-71)101(85-45-21-18-40-76(85)68-31-10-6-11-32-68)87-59-62-98-103(104(87)105(90)107)88-50-28-54-96(106(88)111-98)109(73-56-60-92-89(64-73)82-43-22-23-51-91(82)108(92,3)4)94-53-27-48-79-75(46-26-49-84(79)94)67-29-8-5-9-30-67/h5-66H,1-4H3. The minimum absolute atomic E-state index is 0.196. The molecule has 528 valence electrons. The predicted octanol–water partition coefficient (Wildman–Crippen LogP) is 31.1. The average molecular weight is 1430 g/mol. The van der Waals surface area contributed by atoms with Gasteiger partial charge in [0.1, 0.15) is 16.7 Å². The van der Waals surface area contributed by atoms with Gasteiger partial charge < -0.3 is 18.6 Å². The van der Waals surface area contributed by atoms with Gasteiger partial charge in [0, 0.05) is 54.2 Å². The van der Waals surface area contributed by atoms with Crippen molar-refractivity contribution in [2.45, 2.75) is 39.0 Å². The zero-order valence-corrected chi connectivity index (χ0v) is 62.5. The summed E-state index contributed by atoms with van der Waals surface area (Å²) in [6, 6.07) is 137. The van der Waals surface area contributed by atoms with E-state index in [0.29, 0.717) is 0 Å². The van der Waals surface area contributed by atoms with Crippen LogP contribution in [0.25, 0.3) is 175 Å².